The predicted molar refractivity (Wildman–Crippen MR) is 73.9 cm³/mol. The van der Waals surface area contributed by atoms with Crippen molar-refractivity contribution in [1.29, 1.82) is 5.26 Å². The molecule has 0 unspecified atom stereocenters. The summed E-state index contributed by atoms with van der Waals surface area (Å²) in [6.45, 7) is 3.00. The smallest absolute Gasteiger partial charge is 0.148 e. The average Bonchev–Trinajstić information content (AvgIpc) is 2.43. The molecule has 3 nitrogen and oxygen atoms in total. The minimum Gasteiger partial charge on any atom is -0.353 e. The van der Waals surface area contributed by atoms with Gasteiger partial charge in [-0.05, 0) is 25.8 Å². The van der Waals surface area contributed by atoms with Gasteiger partial charge in [-0.3, -0.25) is 0 Å². The zero-order chi connectivity index (χ0) is 13.0. The number of aromatic nitrogens is 1. The molecule has 1 heterocycles. The van der Waals surface area contributed by atoms with Crippen molar-refractivity contribution < 1.29 is 0 Å². The van der Waals surface area contributed by atoms with E-state index in [9.17, 15) is 0 Å². The van der Waals surface area contributed by atoms with Gasteiger partial charge < -0.3 is 4.90 Å². The molecule has 1 aliphatic rings. The molecule has 1 fully saturated rings. The van der Waals surface area contributed by atoms with Crippen LogP contribution < -0.4 is 4.90 Å². The summed E-state index contributed by atoms with van der Waals surface area (Å²) in [7, 11) is 0. The molecule has 2 rings (SSSR count). The van der Waals surface area contributed by atoms with Crippen LogP contribution in [0.3, 0.4) is 0 Å². The molecule has 0 N–H and O–H groups in total. The van der Waals surface area contributed by atoms with Crippen LogP contribution in [0.1, 0.15) is 44.6 Å². The zero-order valence-corrected chi connectivity index (χ0v) is 11.5. The highest BCUT2D eigenvalue weighted by atomic mass is 35.5. The molecule has 1 aliphatic carbocycles. The van der Waals surface area contributed by atoms with Crippen molar-refractivity contribution in [3.8, 4) is 6.07 Å². The quantitative estimate of drug-likeness (QED) is 0.834. The van der Waals surface area contributed by atoms with Crippen molar-refractivity contribution in [2.75, 3.05) is 11.4 Å². The lowest BCUT2D eigenvalue weighted by Gasteiger charge is -2.35. The van der Waals surface area contributed by atoms with Crippen LogP contribution >= 0.6 is 11.6 Å². The molecule has 0 atom stereocenters. The van der Waals surface area contributed by atoms with Crippen molar-refractivity contribution in [3.05, 3.63) is 22.8 Å². The number of pyridine rings is 1. The van der Waals surface area contributed by atoms with Gasteiger partial charge in [-0.25, -0.2) is 4.98 Å². The number of anilines is 1. The molecule has 0 aliphatic heterocycles. The van der Waals surface area contributed by atoms with Crippen molar-refractivity contribution in [3.63, 3.8) is 0 Å². The van der Waals surface area contributed by atoms with Crippen molar-refractivity contribution in [2.24, 2.45) is 0 Å². The Hall–Kier alpha value is -1.27. The van der Waals surface area contributed by atoms with Crippen molar-refractivity contribution in [1.82, 2.24) is 4.98 Å². The second-order valence-electron chi connectivity index (χ2n) is 4.69. The number of nitriles is 1. The third-order valence-corrected chi connectivity index (χ3v) is 3.99. The van der Waals surface area contributed by atoms with Crippen LogP contribution in [0.25, 0.3) is 0 Å². The summed E-state index contributed by atoms with van der Waals surface area (Å²) in [5.74, 6) is 0.769. The minimum atomic E-state index is 0.493. The molecule has 1 aromatic rings. The average molecular weight is 264 g/mol. The number of nitrogens with zero attached hydrogens (tertiary/aromatic N) is 3. The number of hydrogen-bond acceptors (Lipinski definition) is 3. The van der Waals surface area contributed by atoms with Gasteiger partial charge in [0, 0.05) is 18.8 Å². The monoisotopic (exact) mass is 263 g/mol. The Balaban J connectivity index is 2.29. The molecule has 0 spiro atoms. The van der Waals surface area contributed by atoms with Gasteiger partial charge >= 0.3 is 0 Å². The van der Waals surface area contributed by atoms with E-state index in [1.807, 2.05) is 0 Å². The lowest BCUT2D eigenvalue weighted by atomic mass is 9.94. The van der Waals surface area contributed by atoms with Crippen LogP contribution in [0.15, 0.2) is 12.3 Å². The Labute approximate surface area is 113 Å². The molecule has 1 saturated carbocycles. The van der Waals surface area contributed by atoms with E-state index in [0.29, 0.717) is 16.6 Å². The zero-order valence-electron chi connectivity index (χ0n) is 10.7. The molecular weight excluding hydrogens is 246 g/mol. The van der Waals surface area contributed by atoms with E-state index in [1.54, 1.807) is 12.3 Å². The third kappa shape index (κ3) is 2.59. The highest BCUT2D eigenvalue weighted by Crippen LogP contribution is 2.31. The van der Waals surface area contributed by atoms with Gasteiger partial charge in [0.2, 0.25) is 0 Å². The number of hydrogen-bond donors (Lipinski definition) is 0. The van der Waals surface area contributed by atoms with Crippen LogP contribution in [0.2, 0.25) is 5.02 Å². The van der Waals surface area contributed by atoms with Gasteiger partial charge in [0.15, 0.2) is 0 Å². The SMILES string of the molecule is CCN(c1nccc(C#N)c1Cl)C1CCCCC1. The van der Waals surface area contributed by atoms with Crippen molar-refractivity contribution >= 4 is 17.4 Å². The highest BCUT2D eigenvalue weighted by molar-refractivity contribution is 6.34. The lowest BCUT2D eigenvalue weighted by Crippen LogP contribution is -2.37. The predicted octanol–water partition coefficient (Wildman–Crippen LogP) is 3.77. The fraction of sp³-hybridized carbons (Fsp3) is 0.571. The maximum atomic E-state index is 9.03. The van der Waals surface area contributed by atoms with Gasteiger partial charge in [0.25, 0.3) is 0 Å². The first-order chi connectivity index (χ1) is 8.77. The number of halogens is 1. The van der Waals surface area contributed by atoms with E-state index in [4.69, 9.17) is 16.9 Å². The summed E-state index contributed by atoms with van der Waals surface area (Å²) in [6.07, 6.45) is 7.94. The Morgan fingerprint density at radius 3 is 2.78 bits per heavy atom. The van der Waals surface area contributed by atoms with Crippen LogP contribution in [-0.2, 0) is 0 Å². The molecule has 0 bridgehead atoms. The fourth-order valence-electron chi connectivity index (χ4n) is 2.69. The van der Waals surface area contributed by atoms with E-state index >= 15 is 0 Å². The van der Waals surface area contributed by atoms with Gasteiger partial charge in [0.1, 0.15) is 16.9 Å². The fourth-order valence-corrected chi connectivity index (χ4v) is 2.96. The Morgan fingerprint density at radius 1 is 1.44 bits per heavy atom. The molecule has 1 aromatic heterocycles. The molecular formula is C14H18ClN3. The molecule has 0 radical (unpaired) electrons. The first-order valence-corrected chi connectivity index (χ1v) is 6.97. The molecule has 0 saturated heterocycles. The van der Waals surface area contributed by atoms with E-state index in [-0.39, 0.29) is 0 Å². The van der Waals surface area contributed by atoms with Crippen LogP contribution in [-0.4, -0.2) is 17.6 Å². The van der Waals surface area contributed by atoms with Gasteiger partial charge in [-0.1, -0.05) is 30.9 Å². The second kappa shape index (κ2) is 6.06. The van der Waals surface area contributed by atoms with E-state index < -0.39 is 0 Å². The third-order valence-electron chi connectivity index (χ3n) is 3.62. The summed E-state index contributed by atoms with van der Waals surface area (Å²) in [6, 6.07) is 4.30. The summed E-state index contributed by atoms with van der Waals surface area (Å²) in [4.78, 5) is 6.63. The van der Waals surface area contributed by atoms with E-state index in [1.165, 1.54) is 32.1 Å². The van der Waals surface area contributed by atoms with E-state index in [0.717, 1.165) is 12.4 Å². The molecule has 0 amide bonds. The summed E-state index contributed by atoms with van der Waals surface area (Å²) in [5, 5.41) is 9.52. The standard InChI is InChI=1S/C14H18ClN3/c1-2-18(12-6-4-3-5-7-12)14-13(15)11(10-16)8-9-17-14/h8-9,12H,2-7H2,1H3. The van der Waals surface area contributed by atoms with Gasteiger partial charge in [-0.2, -0.15) is 5.26 Å². The van der Waals surface area contributed by atoms with Crippen LogP contribution in [0.5, 0.6) is 0 Å². The second-order valence-corrected chi connectivity index (χ2v) is 5.06. The Morgan fingerprint density at radius 2 is 2.17 bits per heavy atom. The molecule has 4 heteroatoms. The maximum Gasteiger partial charge on any atom is 0.148 e. The van der Waals surface area contributed by atoms with Gasteiger partial charge in [0.05, 0.1) is 5.56 Å². The number of rotatable bonds is 3. The summed E-state index contributed by atoms with van der Waals surface area (Å²) >= 11 is 6.27. The Bertz CT molecular complexity index is 447. The van der Waals surface area contributed by atoms with Crippen LogP contribution in [0.4, 0.5) is 5.82 Å². The lowest BCUT2D eigenvalue weighted by molar-refractivity contribution is 0.416. The van der Waals surface area contributed by atoms with Gasteiger partial charge in [-0.15, -0.1) is 0 Å². The maximum absolute atomic E-state index is 9.03. The topological polar surface area (TPSA) is 39.9 Å². The van der Waals surface area contributed by atoms with Crippen molar-refractivity contribution in [2.45, 2.75) is 45.1 Å². The van der Waals surface area contributed by atoms with E-state index in [2.05, 4.69) is 22.9 Å². The summed E-state index contributed by atoms with van der Waals surface area (Å²) in [5.41, 5.74) is 0.510. The molecule has 96 valence electrons. The first kappa shape index (κ1) is 13.2. The summed E-state index contributed by atoms with van der Waals surface area (Å²) < 4.78 is 0. The Kier molecular flexibility index (Phi) is 4.43. The molecule has 0 aromatic carbocycles. The first-order valence-electron chi connectivity index (χ1n) is 6.59. The normalized spacial score (nSPS) is 16.3. The molecule has 18 heavy (non-hydrogen) atoms. The largest absolute Gasteiger partial charge is 0.353 e. The minimum absolute atomic E-state index is 0.493. The highest BCUT2D eigenvalue weighted by Gasteiger charge is 2.23. The van der Waals surface area contributed by atoms with Crippen LogP contribution in [0, 0.1) is 11.3 Å².